The number of nitrogens with zero attached hydrogens (tertiary/aromatic N) is 1. The molecule has 1 amide bonds. The number of nitrogens with one attached hydrogen (secondary N) is 2. The molecule has 88 valence electrons. The summed E-state index contributed by atoms with van der Waals surface area (Å²) >= 11 is 3.43. The van der Waals surface area contributed by atoms with E-state index < -0.39 is 0 Å². The molecule has 4 nitrogen and oxygen atoms in total. The summed E-state index contributed by atoms with van der Waals surface area (Å²) in [4.78, 5) is 11.0. The predicted molar refractivity (Wildman–Crippen MR) is 68.5 cm³/mol. The molecule has 1 aliphatic rings. The van der Waals surface area contributed by atoms with Crippen molar-refractivity contribution in [3.8, 4) is 6.07 Å². The summed E-state index contributed by atoms with van der Waals surface area (Å²) in [7, 11) is 0. The highest BCUT2D eigenvalue weighted by molar-refractivity contribution is 9.10. The zero-order valence-corrected chi connectivity index (χ0v) is 10.8. The lowest BCUT2D eigenvalue weighted by Gasteiger charge is -2.25. The highest BCUT2D eigenvalue weighted by Crippen LogP contribution is 2.25. The van der Waals surface area contributed by atoms with Crippen molar-refractivity contribution in [1.29, 1.82) is 5.26 Å². The fourth-order valence-electron chi connectivity index (χ4n) is 1.78. The Bertz CT molecular complexity index is 471. The number of halogens is 1. The number of amides is 1. The van der Waals surface area contributed by atoms with E-state index in [1.165, 1.54) is 0 Å². The molecule has 1 aromatic carbocycles. The largest absolute Gasteiger partial charge is 0.380 e. The molecule has 0 aromatic heterocycles. The van der Waals surface area contributed by atoms with Crippen LogP contribution in [0.4, 0.5) is 5.69 Å². The lowest BCUT2D eigenvalue weighted by atomic mass is 10.1. The molecule has 1 fully saturated rings. The molecule has 0 bridgehead atoms. The third kappa shape index (κ3) is 2.98. The van der Waals surface area contributed by atoms with Crippen LogP contribution >= 0.6 is 15.9 Å². The van der Waals surface area contributed by atoms with Crippen molar-refractivity contribution in [2.75, 3.05) is 11.9 Å². The number of anilines is 1. The van der Waals surface area contributed by atoms with Crippen LogP contribution in [0.5, 0.6) is 0 Å². The minimum absolute atomic E-state index is 0.113. The summed E-state index contributed by atoms with van der Waals surface area (Å²) in [6.07, 6.45) is 1.39. The molecular formula is C12H12BrN3O. The number of benzene rings is 1. The van der Waals surface area contributed by atoms with Crippen LogP contribution in [0.2, 0.25) is 0 Å². The van der Waals surface area contributed by atoms with Gasteiger partial charge >= 0.3 is 0 Å². The number of carbonyl (C=O) groups excluding carboxylic acids is 1. The van der Waals surface area contributed by atoms with Crippen molar-refractivity contribution in [3.05, 3.63) is 28.2 Å². The number of hydrogen-bond acceptors (Lipinski definition) is 3. The smallest absolute Gasteiger partial charge is 0.220 e. The average Bonchev–Trinajstić information content (AvgIpc) is 2.34. The van der Waals surface area contributed by atoms with Gasteiger partial charge in [-0.05, 0) is 40.5 Å². The van der Waals surface area contributed by atoms with Crippen LogP contribution in [0.1, 0.15) is 18.4 Å². The van der Waals surface area contributed by atoms with E-state index in [-0.39, 0.29) is 11.9 Å². The lowest BCUT2D eigenvalue weighted by Crippen LogP contribution is -2.41. The van der Waals surface area contributed by atoms with Gasteiger partial charge in [0.15, 0.2) is 0 Å². The molecule has 0 saturated carbocycles. The van der Waals surface area contributed by atoms with Crippen LogP contribution in [0.25, 0.3) is 0 Å². The maximum atomic E-state index is 11.0. The zero-order chi connectivity index (χ0) is 12.3. The quantitative estimate of drug-likeness (QED) is 0.877. The summed E-state index contributed by atoms with van der Waals surface area (Å²) in [5.74, 6) is 0.113. The molecule has 1 heterocycles. The molecule has 0 radical (unpaired) electrons. The van der Waals surface area contributed by atoms with E-state index in [4.69, 9.17) is 5.26 Å². The molecule has 0 aliphatic carbocycles. The Kier molecular flexibility index (Phi) is 3.64. The molecule has 1 atom stereocenters. The van der Waals surface area contributed by atoms with E-state index in [2.05, 4.69) is 32.6 Å². The number of carbonyl (C=O) groups is 1. The molecule has 1 aromatic rings. The first-order valence-corrected chi connectivity index (χ1v) is 6.21. The van der Waals surface area contributed by atoms with Crippen molar-refractivity contribution in [3.63, 3.8) is 0 Å². The van der Waals surface area contributed by atoms with Crippen molar-refractivity contribution in [2.24, 2.45) is 0 Å². The van der Waals surface area contributed by atoms with Gasteiger partial charge < -0.3 is 10.6 Å². The van der Waals surface area contributed by atoms with Crippen LogP contribution in [0.3, 0.4) is 0 Å². The minimum atomic E-state index is 0.113. The molecular weight excluding hydrogens is 282 g/mol. The highest BCUT2D eigenvalue weighted by atomic mass is 79.9. The van der Waals surface area contributed by atoms with Crippen LogP contribution in [-0.2, 0) is 4.79 Å². The van der Waals surface area contributed by atoms with Crippen LogP contribution in [0.15, 0.2) is 22.7 Å². The molecule has 2 N–H and O–H groups in total. The molecule has 2 rings (SSSR count). The van der Waals surface area contributed by atoms with Gasteiger partial charge in [-0.2, -0.15) is 5.26 Å². The van der Waals surface area contributed by atoms with E-state index in [0.29, 0.717) is 18.5 Å². The zero-order valence-electron chi connectivity index (χ0n) is 9.16. The third-order valence-electron chi connectivity index (χ3n) is 2.72. The van der Waals surface area contributed by atoms with Gasteiger partial charge in [0.2, 0.25) is 5.91 Å². The summed E-state index contributed by atoms with van der Waals surface area (Å²) in [5, 5.41) is 14.9. The SMILES string of the molecule is N#Cc1ccc(NC2CCC(=O)NC2)c(Br)c1. The van der Waals surface area contributed by atoms with Crippen molar-refractivity contribution >= 4 is 27.5 Å². The Balaban J connectivity index is 2.04. The van der Waals surface area contributed by atoms with Crippen molar-refractivity contribution in [1.82, 2.24) is 5.32 Å². The fraction of sp³-hybridized carbons (Fsp3) is 0.333. The number of nitriles is 1. The van der Waals surface area contributed by atoms with Crippen LogP contribution in [0, 0.1) is 11.3 Å². The Hall–Kier alpha value is -1.54. The standard InChI is InChI=1S/C12H12BrN3O/c13-10-5-8(6-14)1-3-11(10)16-9-2-4-12(17)15-7-9/h1,3,5,9,16H,2,4,7H2,(H,15,17). The third-order valence-corrected chi connectivity index (χ3v) is 3.38. The second kappa shape index (κ2) is 5.19. The summed E-state index contributed by atoms with van der Waals surface area (Å²) in [5.41, 5.74) is 1.57. The van der Waals surface area contributed by atoms with Gasteiger partial charge in [0.05, 0.1) is 11.6 Å². The number of rotatable bonds is 2. The summed E-state index contributed by atoms with van der Waals surface area (Å²) in [6.45, 7) is 0.644. The lowest BCUT2D eigenvalue weighted by molar-refractivity contribution is -0.122. The van der Waals surface area contributed by atoms with E-state index >= 15 is 0 Å². The Morgan fingerprint density at radius 1 is 1.53 bits per heavy atom. The fourth-order valence-corrected chi connectivity index (χ4v) is 2.27. The maximum Gasteiger partial charge on any atom is 0.220 e. The van der Waals surface area contributed by atoms with Gasteiger partial charge in [-0.3, -0.25) is 4.79 Å². The van der Waals surface area contributed by atoms with E-state index in [9.17, 15) is 4.79 Å². The molecule has 17 heavy (non-hydrogen) atoms. The normalized spacial score (nSPS) is 19.3. The Labute approximate surface area is 108 Å². The van der Waals surface area contributed by atoms with Gasteiger partial charge in [-0.15, -0.1) is 0 Å². The van der Waals surface area contributed by atoms with E-state index in [1.807, 2.05) is 6.07 Å². The van der Waals surface area contributed by atoms with Crippen LogP contribution in [-0.4, -0.2) is 18.5 Å². The second-order valence-electron chi connectivity index (χ2n) is 3.99. The highest BCUT2D eigenvalue weighted by Gasteiger charge is 2.18. The van der Waals surface area contributed by atoms with Gasteiger partial charge in [0.25, 0.3) is 0 Å². The number of piperidine rings is 1. The van der Waals surface area contributed by atoms with E-state index in [1.54, 1.807) is 12.1 Å². The Morgan fingerprint density at radius 3 is 2.94 bits per heavy atom. The molecule has 1 unspecified atom stereocenters. The summed E-state index contributed by atoms with van der Waals surface area (Å²) in [6, 6.07) is 7.76. The molecule has 5 heteroatoms. The molecule has 1 aliphatic heterocycles. The maximum absolute atomic E-state index is 11.0. The van der Waals surface area contributed by atoms with Gasteiger partial charge in [-0.1, -0.05) is 0 Å². The average molecular weight is 294 g/mol. The topological polar surface area (TPSA) is 64.9 Å². The monoisotopic (exact) mass is 293 g/mol. The van der Waals surface area contributed by atoms with Gasteiger partial charge in [0.1, 0.15) is 0 Å². The first-order valence-electron chi connectivity index (χ1n) is 5.42. The molecule has 1 saturated heterocycles. The minimum Gasteiger partial charge on any atom is -0.380 e. The van der Waals surface area contributed by atoms with E-state index in [0.717, 1.165) is 16.6 Å². The van der Waals surface area contributed by atoms with Crippen molar-refractivity contribution < 1.29 is 4.79 Å². The predicted octanol–water partition coefficient (Wildman–Crippen LogP) is 2.01. The second-order valence-corrected chi connectivity index (χ2v) is 4.84. The first kappa shape index (κ1) is 11.9. The number of hydrogen-bond donors (Lipinski definition) is 2. The first-order chi connectivity index (χ1) is 8.19. The van der Waals surface area contributed by atoms with Gasteiger partial charge in [-0.25, -0.2) is 0 Å². The van der Waals surface area contributed by atoms with Gasteiger partial charge in [0, 0.05) is 29.2 Å². The van der Waals surface area contributed by atoms with Crippen LogP contribution < -0.4 is 10.6 Å². The molecule has 0 spiro atoms. The Morgan fingerprint density at radius 2 is 2.35 bits per heavy atom. The van der Waals surface area contributed by atoms with Crippen molar-refractivity contribution in [2.45, 2.75) is 18.9 Å². The summed E-state index contributed by atoms with van der Waals surface area (Å²) < 4.78 is 0.869.